The monoisotopic (exact) mass is 367 g/mol. The predicted octanol–water partition coefficient (Wildman–Crippen LogP) is 5.99. The number of carboxylic acids is 1. The van der Waals surface area contributed by atoms with Crippen LogP contribution in [0, 0.1) is 5.92 Å². The fraction of sp³-hybridized carbons (Fsp3) is 0.318. The highest BCUT2D eigenvalue weighted by molar-refractivity contribution is 6.33. The summed E-state index contributed by atoms with van der Waals surface area (Å²) in [6.45, 7) is 4.39. The van der Waals surface area contributed by atoms with Crippen molar-refractivity contribution in [3.8, 4) is 0 Å². The molecule has 1 heterocycles. The molecule has 2 aliphatic rings. The van der Waals surface area contributed by atoms with Crippen molar-refractivity contribution in [2.75, 3.05) is 5.32 Å². The molecular formula is C22H22ClNO2. The van der Waals surface area contributed by atoms with Crippen LogP contribution in [-0.2, 0) is 0 Å². The van der Waals surface area contributed by atoms with Gasteiger partial charge in [-0.1, -0.05) is 61.9 Å². The molecule has 4 rings (SSSR count). The Morgan fingerprint density at radius 1 is 1.23 bits per heavy atom. The van der Waals surface area contributed by atoms with Gasteiger partial charge in [-0.3, -0.25) is 0 Å². The maximum Gasteiger partial charge on any atom is 0.335 e. The van der Waals surface area contributed by atoms with E-state index in [1.165, 1.54) is 17.2 Å². The number of hydrogen-bond acceptors (Lipinski definition) is 2. The van der Waals surface area contributed by atoms with Gasteiger partial charge in [-0.2, -0.15) is 0 Å². The quantitative estimate of drug-likeness (QED) is 0.655. The van der Waals surface area contributed by atoms with E-state index < -0.39 is 5.97 Å². The minimum absolute atomic E-state index is 0.164. The lowest BCUT2D eigenvalue weighted by atomic mass is 9.76. The number of hydrogen-bond donors (Lipinski definition) is 2. The topological polar surface area (TPSA) is 49.3 Å². The fourth-order valence-electron chi connectivity index (χ4n) is 4.20. The molecule has 3 atom stereocenters. The van der Waals surface area contributed by atoms with Gasteiger partial charge in [-0.25, -0.2) is 4.79 Å². The van der Waals surface area contributed by atoms with Crippen molar-refractivity contribution < 1.29 is 9.90 Å². The molecule has 4 heteroatoms. The van der Waals surface area contributed by atoms with E-state index in [0.29, 0.717) is 16.9 Å². The number of aromatic carboxylic acids is 1. The fourth-order valence-corrected chi connectivity index (χ4v) is 4.48. The average molecular weight is 368 g/mol. The molecule has 26 heavy (non-hydrogen) atoms. The number of carboxylic acid groups (broad SMARTS) is 1. The molecule has 0 saturated carbocycles. The molecule has 0 amide bonds. The van der Waals surface area contributed by atoms with Crippen LogP contribution < -0.4 is 5.32 Å². The second-order valence-corrected chi connectivity index (χ2v) is 7.93. The number of rotatable bonds is 3. The van der Waals surface area contributed by atoms with Crippen LogP contribution in [0.25, 0.3) is 0 Å². The molecule has 2 N–H and O–H groups in total. The van der Waals surface area contributed by atoms with Crippen molar-refractivity contribution in [1.82, 2.24) is 0 Å². The number of anilines is 1. The molecule has 3 nitrogen and oxygen atoms in total. The van der Waals surface area contributed by atoms with Gasteiger partial charge in [0.2, 0.25) is 0 Å². The summed E-state index contributed by atoms with van der Waals surface area (Å²) in [6, 6.07) is 12.3. The highest BCUT2D eigenvalue weighted by atomic mass is 35.5. The van der Waals surface area contributed by atoms with Gasteiger partial charge in [0.25, 0.3) is 0 Å². The van der Waals surface area contributed by atoms with Crippen LogP contribution in [0.2, 0.25) is 5.02 Å². The summed E-state index contributed by atoms with van der Waals surface area (Å²) in [6.07, 6.45) is 5.37. The minimum Gasteiger partial charge on any atom is -0.478 e. The van der Waals surface area contributed by atoms with E-state index in [2.05, 4.69) is 55.6 Å². The molecular weight excluding hydrogens is 346 g/mol. The van der Waals surface area contributed by atoms with Gasteiger partial charge in [0, 0.05) is 5.92 Å². The van der Waals surface area contributed by atoms with Crippen LogP contribution in [0.5, 0.6) is 0 Å². The maximum absolute atomic E-state index is 11.4. The number of fused-ring (bicyclic) bond motifs is 3. The van der Waals surface area contributed by atoms with E-state index in [-0.39, 0.29) is 17.5 Å². The highest BCUT2D eigenvalue weighted by Gasteiger charge is 2.39. The summed E-state index contributed by atoms with van der Waals surface area (Å²) < 4.78 is 0. The number of nitrogens with one attached hydrogen (secondary N) is 1. The van der Waals surface area contributed by atoms with Crippen molar-refractivity contribution in [1.29, 1.82) is 0 Å². The summed E-state index contributed by atoms with van der Waals surface area (Å²) in [4.78, 5) is 11.4. The summed E-state index contributed by atoms with van der Waals surface area (Å²) in [5, 5.41) is 13.4. The molecule has 1 aliphatic heterocycles. The lowest BCUT2D eigenvalue weighted by Crippen LogP contribution is -2.29. The normalized spacial score (nSPS) is 23.5. The van der Waals surface area contributed by atoms with Crippen LogP contribution >= 0.6 is 11.6 Å². The number of halogens is 1. The molecule has 134 valence electrons. The van der Waals surface area contributed by atoms with Crippen molar-refractivity contribution in [3.05, 3.63) is 75.8 Å². The molecule has 0 radical (unpaired) electrons. The van der Waals surface area contributed by atoms with Crippen LogP contribution in [0.15, 0.2) is 48.6 Å². The van der Waals surface area contributed by atoms with Crippen LogP contribution in [0.3, 0.4) is 0 Å². The van der Waals surface area contributed by atoms with Crippen molar-refractivity contribution in [2.24, 2.45) is 5.92 Å². The number of carbonyl (C=O) groups is 1. The Hall–Kier alpha value is -2.26. The first-order valence-electron chi connectivity index (χ1n) is 9.05. The Balaban J connectivity index is 1.76. The van der Waals surface area contributed by atoms with Crippen LogP contribution in [-0.4, -0.2) is 11.1 Å². The first kappa shape index (κ1) is 17.2. The molecule has 2 aromatic carbocycles. The van der Waals surface area contributed by atoms with Crippen molar-refractivity contribution in [2.45, 2.75) is 38.1 Å². The van der Waals surface area contributed by atoms with Crippen LogP contribution in [0.4, 0.5) is 5.69 Å². The van der Waals surface area contributed by atoms with Crippen molar-refractivity contribution >= 4 is 23.3 Å². The van der Waals surface area contributed by atoms with Gasteiger partial charge in [0.15, 0.2) is 0 Å². The molecule has 1 aliphatic carbocycles. The van der Waals surface area contributed by atoms with Gasteiger partial charge >= 0.3 is 5.97 Å². The Morgan fingerprint density at radius 2 is 1.96 bits per heavy atom. The molecule has 0 bridgehead atoms. The van der Waals surface area contributed by atoms with Crippen molar-refractivity contribution in [3.63, 3.8) is 0 Å². The lowest BCUT2D eigenvalue weighted by Gasteiger charge is -2.38. The molecule has 0 spiro atoms. The third-order valence-electron chi connectivity index (χ3n) is 5.63. The molecule has 0 saturated heterocycles. The van der Waals surface area contributed by atoms with E-state index >= 15 is 0 Å². The largest absolute Gasteiger partial charge is 0.478 e. The Labute approximate surface area is 158 Å². The minimum atomic E-state index is -0.945. The summed E-state index contributed by atoms with van der Waals surface area (Å²) >= 11 is 6.45. The Kier molecular flexibility index (Phi) is 4.28. The van der Waals surface area contributed by atoms with E-state index in [9.17, 15) is 9.90 Å². The number of benzene rings is 2. The lowest BCUT2D eigenvalue weighted by molar-refractivity contribution is 0.0696. The van der Waals surface area contributed by atoms with Gasteiger partial charge in [0.05, 0.1) is 22.3 Å². The third-order valence-corrected chi connectivity index (χ3v) is 5.93. The van der Waals surface area contributed by atoms with E-state index in [0.717, 1.165) is 17.7 Å². The molecule has 2 aromatic rings. The van der Waals surface area contributed by atoms with Crippen LogP contribution in [0.1, 0.15) is 65.2 Å². The van der Waals surface area contributed by atoms with E-state index in [1.54, 1.807) is 6.07 Å². The van der Waals surface area contributed by atoms with E-state index in [4.69, 9.17) is 11.6 Å². The first-order valence-corrected chi connectivity index (χ1v) is 9.43. The zero-order valence-corrected chi connectivity index (χ0v) is 15.6. The number of allylic oxidation sites excluding steroid dienone is 2. The van der Waals surface area contributed by atoms with Gasteiger partial charge in [-0.15, -0.1) is 0 Å². The predicted molar refractivity (Wildman–Crippen MR) is 105 cm³/mol. The second kappa shape index (κ2) is 6.48. The Morgan fingerprint density at radius 3 is 2.62 bits per heavy atom. The molecule has 0 fully saturated rings. The second-order valence-electron chi connectivity index (χ2n) is 7.52. The van der Waals surface area contributed by atoms with Gasteiger partial charge in [0.1, 0.15) is 0 Å². The smallest absolute Gasteiger partial charge is 0.335 e. The Bertz CT molecular complexity index is 886. The third kappa shape index (κ3) is 2.80. The van der Waals surface area contributed by atoms with Gasteiger partial charge in [-0.05, 0) is 47.1 Å². The summed E-state index contributed by atoms with van der Waals surface area (Å²) in [5.41, 5.74) is 4.67. The summed E-state index contributed by atoms with van der Waals surface area (Å²) in [7, 11) is 0. The zero-order chi connectivity index (χ0) is 18.4. The molecule has 0 aromatic heterocycles. The maximum atomic E-state index is 11.4. The molecule has 3 unspecified atom stereocenters. The van der Waals surface area contributed by atoms with Gasteiger partial charge < -0.3 is 10.4 Å². The average Bonchev–Trinajstić information content (AvgIpc) is 3.11. The first-order chi connectivity index (χ1) is 12.5. The SMILES string of the molecule is CC(C)c1ccc(C2Nc3c(Cl)cc(C(=O)O)cc3C3C=CCC32)cc1. The van der Waals surface area contributed by atoms with E-state index in [1.807, 2.05) is 0 Å². The summed E-state index contributed by atoms with van der Waals surface area (Å²) in [5.74, 6) is 0.124. The standard InChI is InChI=1S/C22H22ClNO2/c1-12(2)13-6-8-14(9-7-13)20-17-5-3-4-16(17)18-10-15(22(25)26)11-19(23)21(18)24-20/h3-4,6-12,16-17,20,24H,5H2,1-2H3,(H,25,26). The highest BCUT2D eigenvalue weighted by Crippen LogP contribution is 2.51. The zero-order valence-electron chi connectivity index (χ0n) is 14.9.